The van der Waals surface area contributed by atoms with Gasteiger partial charge in [0.1, 0.15) is 5.82 Å². The lowest BCUT2D eigenvalue weighted by atomic mass is 10.1. The Bertz CT molecular complexity index is 887. The summed E-state index contributed by atoms with van der Waals surface area (Å²) in [4.78, 5) is 41.5. The highest BCUT2D eigenvalue weighted by atomic mass is 19.1. The van der Waals surface area contributed by atoms with Gasteiger partial charge in [0.15, 0.2) is 0 Å². The van der Waals surface area contributed by atoms with Gasteiger partial charge in [0.2, 0.25) is 11.8 Å². The highest BCUT2D eigenvalue weighted by molar-refractivity contribution is 6.19. The molecule has 0 bridgehead atoms. The van der Waals surface area contributed by atoms with E-state index in [0.717, 1.165) is 5.69 Å². The van der Waals surface area contributed by atoms with Crippen LogP contribution in [-0.4, -0.2) is 48.8 Å². The number of benzene rings is 2. The molecule has 2 aliphatic rings. The summed E-state index contributed by atoms with van der Waals surface area (Å²) in [6, 6.07) is 12.9. The average molecular weight is 381 g/mol. The molecule has 2 heterocycles. The molecule has 0 aliphatic carbocycles. The second-order valence-electron chi connectivity index (χ2n) is 6.93. The zero-order chi connectivity index (χ0) is 19.7. The quantitative estimate of drug-likeness (QED) is 0.767. The van der Waals surface area contributed by atoms with Gasteiger partial charge in [-0.25, -0.2) is 4.39 Å². The smallest absolute Gasteiger partial charge is 0.253 e. The van der Waals surface area contributed by atoms with Crippen LogP contribution in [0.5, 0.6) is 0 Å². The molecule has 7 heteroatoms. The molecule has 144 valence electrons. The summed E-state index contributed by atoms with van der Waals surface area (Å²) in [6.45, 7) is 2.49. The Morgan fingerprint density at radius 3 is 1.86 bits per heavy atom. The fraction of sp³-hybridized carbons (Fsp3) is 0.286. The number of halogens is 1. The number of amides is 3. The molecular weight excluding hydrogens is 361 g/mol. The first-order valence-corrected chi connectivity index (χ1v) is 9.28. The molecule has 2 aliphatic heterocycles. The second kappa shape index (κ2) is 7.42. The maximum atomic E-state index is 13.1. The van der Waals surface area contributed by atoms with E-state index in [-0.39, 0.29) is 36.4 Å². The van der Waals surface area contributed by atoms with Crippen molar-refractivity contribution in [3.63, 3.8) is 0 Å². The molecular formula is C21H20FN3O3. The van der Waals surface area contributed by atoms with Crippen molar-refractivity contribution in [2.45, 2.75) is 12.8 Å². The van der Waals surface area contributed by atoms with Crippen molar-refractivity contribution in [1.82, 2.24) is 4.90 Å². The van der Waals surface area contributed by atoms with Gasteiger partial charge in [-0.05, 0) is 48.5 Å². The van der Waals surface area contributed by atoms with Crippen molar-refractivity contribution in [1.29, 1.82) is 0 Å². The van der Waals surface area contributed by atoms with Crippen molar-refractivity contribution in [2.75, 3.05) is 36.0 Å². The fourth-order valence-corrected chi connectivity index (χ4v) is 3.62. The van der Waals surface area contributed by atoms with Gasteiger partial charge >= 0.3 is 0 Å². The number of carbonyl (C=O) groups is 3. The maximum absolute atomic E-state index is 13.1. The van der Waals surface area contributed by atoms with E-state index in [2.05, 4.69) is 4.90 Å². The molecule has 3 amide bonds. The molecule has 2 aromatic carbocycles. The monoisotopic (exact) mass is 381 g/mol. The van der Waals surface area contributed by atoms with Gasteiger partial charge in [0.05, 0.1) is 5.69 Å². The van der Waals surface area contributed by atoms with Crippen LogP contribution < -0.4 is 9.80 Å². The van der Waals surface area contributed by atoms with Gasteiger partial charge in [0, 0.05) is 50.3 Å². The van der Waals surface area contributed by atoms with E-state index in [9.17, 15) is 18.8 Å². The van der Waals surface area contributed by atoms with Crippen molar-refractivity contribution in [3.8, 4) is 0 Å². The minimum Gasteiger partial charge on any atom is -0.368 e. The first-order chi connectivity index (χ1) is 13.5. The molecule has 0 N–H and O–H groups in total. The summed E-state index contributed by atoms with van der Waals surface area (Å²) >= 11 is 0. The summed E-state index contributed by atoms with van der Waals surface area (Å²) in [7, 11) is 0. The van der Waals surface area contributed by atoms with Crippen LogP contribution in [0.3, 0.4) is 0 Å². The Balaban J connectivity index is 1.39. The van der Waals surface area contributed by atoms with Crippen molar-refractivity contribution in [2.24, 2.45) is 0 Å². The first kappa shape index (κ1) is 18.2. The predicted octanol–water partition coefficient (Wildman–Crippen LogP) is 2.44. The first-order valence-electron chi connectivity index (χ1n) is 9.28. The van der Waals surface area contributed by atoms with Crippen molar-refractivity contribution < 1.29 is 18.8 Å². The van der Waals surface area contributed by atoms with Crippen LogP contribution in [0.15, 0.2) is 48.5 Å². The molecule has 2 fully saturated rings. The third-order valence-electron chi connectivity index (χ3n) is 5.18. The molecule has 4 rings (SSSR count). The van der Waals surface area contributed by atoms with Crippen LogP contribution >= 0.6 is 0 Å². The third kappa shape index (κ3) is 3.47. The summed E-state index contributed by atoms with van der Waals surface area (Å²) in [5.41, 5.74) is 1.97. The van der Waals surface area contributed by atoms with Gasteiger partial charge in [-0.1, -0.05) is 0 Å². The van der Waals surface area contributed by atoms with Gasteiger partial charge in [-0.15, -0.1) is 0 Å². The highest BCUT2D eigenvalue weighted by Gasteiger charge is 2.30. The van der Waals surface area contributed by atoms with E-state index in [1.807, 2.05) is 0 Å². The van der Waals surface area contributed by atoms with E-state index in [1.54, 1.807) is 41.3 Å². The number of nitrogens with zero attached hydrogens (tertiary/aromatic N) is 3. The maximum Gasteiger partial charge on any atom is 0.253 e. The lowest BCUT2D eigenvalue weighted by Gasteiger charge is -2.36. The van der Waals surface area contributed by atoms with Gasteiger partial charge in [0.25, 0.3) is 5.91 Å². The zero-order valence-corrected chi connectivity index (χ0v) is 15.3. The molecule has 0 radical (unpaired) electrons. The SMILES string of the molecule is O=C(c1ccc(N2C(=O)CCC2=O)cc1)N1CCN(c2ccc(F)cc2)CC1. The standard InChI is InChI=1S/C21H20FN3O3/c22-16-3-7-17(8-4-16)23-11-13-24(14-12-23)21(28)15-1-5-18(6-2-15)25-19(26)9-10-20(25)27/h1-8H,9-14H2. The lowest BCUT2D eigenvalue weighted by molar-refractivity contribution is -0.121. The van der Waals surface area contributed by atoms with E-state index in [0.29, 0.717) is 37.4 Å². The lowest BCUT2D eigenvalue weighted by Crippen LogP contribution is -2.48. The normalized spacial score (nSPS) is 17.4. The molecule has 0 spiro atoms. The minimum absolute atomic E-state index is 0.0793. The predicted molar refractivity (Wildman–Crippen MR) is 103 cm³/mol. The highest BCUT2D eigenvalue weighted by Crippen LogP contribution is 2.24. The van der Waals surface area contributed by atoms with Crippen LogP contribution in [-0.2, 0) is 9.59 Å². The Morgan fingerprint density at radius 2 is 1.29 bits per heavy atom. The van der Waals surface area contributed by atoms with E-state index < -0.39 is 0 Å². The molecule has 0 atom stereocenters. The Hall–Kier alpha value is -3.22. The fourth-order valence-electron chi connectivity index (χ4n) is 3.62. The van der Waals surface area contributed by atoms with Crippen molar-refractivity contribution in [3.05, 3.63) is 59.9 Å². The van der Waals surface area contributed by atoms with Gasteiger partial charge < -0.3 is 9.80 Å². The van der Waals surface area contributed by atoms with Crippen molar-refractivity contribution >= 4 is 29.1 Å². The van der Waals surface area contributed by atoms with Crippen LogP contribution in [0, 0.1) is 5.82 Å². The number of hydrogen-bond acceptors (Lipinski definition) is 4. The summed E-state index contributed by atoms with van der Waals surface area (Å²) < 4.78 is 13.1. The van der Waals surface area contributed by atoms with Crippen LogP contribution in [0.1, 0.15) is 23.2 Å². The van der Waals surface area contributed by atoms with Crippen LogP contribution in [0.4, 0.5) is 15.8 Å². The molecule has 6 nitrogen and oxygen atoms in total. The third-order valence-corrected chi connectivity index (χ3v) is 5.18. The number of piperazine rings is 1. The molecule has 0 unspecified atom stereocenters. The Morgan fingerprint density at radius 1 is 0.750 bits per heavy atom. The second-order valence-corrected chi connectivity index (χ2v) is 6.93. The summed E-state index contributed by atoms with van der Waals surface area (Å²) in [5, 5.41) is 0. The van der Waals surface area contributed by atoms with E-state index in [4.69, 9.17) is 0 Å². The number of hydrogen-bond donors (Lipinski definition) is 0. The molecule has 2 saturated heterocycles. The van der Waals surface area contributed by atoms with E-state index >= 15 is 0 Å². The Kier molecular flexibility index (Phi) is 4.81. The minimum atomic E-state index is -0.265. The summed E-state index contributed by atoms with van der Waals surface area (Å²) in [5.74, 6) is -0.760. The number of imide groups is 1. The number of anilines is 2. The van der Waals surface area contributed by atoms with Crippen LogP contribution in [0.2, 0.25) is 0 Å². The number of carbonyl (C=O) groups excluding carboxylic acids is 3. The topological polar surface area (TPSA) is 60.9 Å². The zero-order valence-electron chi connectivity index (χ0n) is 15.3. The number of rotatable bonds is 3. The average Bonchev–Trinajstić information content (AvgIpc) is 3.06. The van der Waals surface area contributed by atoms with Crippen LogP contribution in [0.25, 0.3) is 0 Å². The summed E-state index contributed by atoms with van der Waals surface area (Å²) in [6.07, 6.45) is 0.468. The molecule has 0 saturated carbocycles. The Labute approximate surface area is 162 Å². The molecule has 28 heavy (non-hydrogen) atoms. The molecule has 0 aromatic heterocycles. The van der Waals surface area contributed by atoms with Gasteiger partial charge in [-0.2, -0.15) is 0 Å². The van der Waals surface area contributed by atoms with E-state index in [1.165, 1.54) is 17.0 Å². The largest absolute Gasteiger partial charge is 0.368 e. The van der Waals surface area contributed by atoms with Gasteiger partial charge in [-0.3, -0.25) is 19.3 Å². The molecule has 2 aromatic rings.